The van der Waals surface area contributed by atoms with Crippen molar-refractivity contribution in [2.75, 3.05) is 6.61 Å². The summed E-state index contributed by atoms with van der Waals surface area (Å²) in [4.78, 5) is 11.6. The van der Waals surface area contributed by atoms with E-state index in [2.05, 4.69) is 46.4 Å². The van der Waals surface area contributed by atoms with E-state index in [9.17, 15) is 30.3 Å². The summed E-state index contributed by atoms with van der Waals surface area (Å²) in [7, 11) is 0. The lowest BCUT2D eigenvalue weighted by molar-refractivity contribution is -0.313. The van der Waals surface area contributed by atoms with E-state index < -0.39 is 59.6 Å². The number of hydrogen-bond acceptors (Lipinski definition) is 10. The number of ether oxygens (including phenoxy) is 5. The van der Waals surface area contributed by atoms with E-state index in [0.29, 0.717) is 43.1 Å². The molecule has 11 heteroatoms. The van der Waals surface area contributed by atoms with Gasteiger partial charge in [0.05, 0.1) is 42.7 Å². The Morgan fingerprint density at radius 2 is 1.81 bits per heavy atom. The van der Waals surface area contributed by atoms with Crippen LogP contribution in [-0.4, -0.2) is 110 Å². The van der Waals surface area contributed by atoms with Crippen molar-refractivity contribution in [2.45, 2.75) is 209 Å². The summed E-state index contributed by atoms with van der Waals surface area (Å²) in [6, 6.07) is 0. The maximum Gasteiger partial charge on any atom is 0.335 e. The molecule has 3 spiro atoms. The molecule has 0 aromatic rings. The topological polar surface area (TPSA) is 164 Å². The first-order valence-electron chi connectivity index (χ1n) is 22.3. The lowest BCUT2D eigenvalue weighted by Gasteiger charge is -2.50. The minimum absolute atomic E-state index is 0.0189. The van der Waals surface area contributed by atoms with Gasteiger partial charge in [-0.1, -0.05) is 51.2 Å². The van der Waals surface area contributed by atoms with Gasteiger partial charge in [-0.15, -0.1) is 0 Å². The highest BCUT2D eigenvalue weighted by molar-refractivity contribution is 5.76. The standard InChI is InChI=1S/C46H72O11/c1-27-21-33(25-45(23-27)37(48)12-11-34(55-45)26-43(6,52)42(50)51)28(2)9-10-32-14-17-44(24-32)18-15-36-41(56-44)38(49)31(5)40(54-36)35(47)22-30(4)39-29(3)13-19-46(57-39)16-7-8-20-53-46/h9-10,23,28-30,32-41,47-49,52H,5,7-8,11-22,24-26H2,1-4,6H3,(H,50,51)/b10-9+/t28-,29-,30+,32+,33-,34+,35+,36?,37-,38-,39?,40+,41-,43-,44-,45+,46+/m1/s1. The van der Waals surface area contributed by atoms with Crippen LogP contribution < -0.4 is 0 Å². The molecule has 322 valence electrons. The molecule has 17 atom stereocenters. The van der Waals surface area contributed by atoms with Crippen molar-refractivity contribution in [1.29, 1.82) is 0 Å². The van der Waals surface area contributed by atoms with Crippen LogP contribution in [0.15, 0.2) is 36.0 Å². The molecule has 5 saturated heterocycles. The minimum Gasteiger partial charge on any atom is -0.479 e. The second-order valence-corrected chi connectivity index (χ2v) is 20.0. The Kier molecular flexibility index (Phi) is 13.0. The van der Waals surface area contributed by atoms with Gasteiger partial charge in [0.15, 0.2) is 11.4 Å². The number of aliphatic hydroxyl groups is 4. The molecule has 7 aliphatic rings. The molecule has 5 heterocycles. The lowest BCUT2D eigenvalue weighted by Crippen LogP contribution is -2.59. The van der Waals surface area contributed by atoms with Crippen molar-refractivity contribution >= 4 is 5.97 Å². The molecule has 0 aromatic heterocycles. The van der Waals surface area contributed by atoms with Crippen LogP contribution >= 0.6 is 0 Å². The van der Waals surface area contributed by atoms with Gasteiger partial charge in [-0.2, -0.15) is 0 Å². The number of aliphatic carboxylic acids is 1. The van der Waals surface area contributed by atoms with Crippen LogP contribution in [0.3, 0.4) is 0 Å². The summed E-state index contributed by atoms with van der Waals surface area (Å²) in [5.41, 5.74) is -1.49. The zero-order chi connectivity index (χ0) is 40.9. The fraction of sp³-hybridized carbons (Fsp3) is 0.848. The van der Waals surface area contributed by atoms with Crippen molar-refractivity contribution in [3.8, 4) is 0 Å². The van der Waals surface area contributed by atoms with Crippen molar-refractivity contribution in [3.05, 3.63) is 36.0 Å². The molecule has 11 nitrogen and oxygen atoms in total. The average molecular weight is 801 g/mol. The Hall–Kier alpha value is -1.67. The normalized spacial score (nSPS) is 45.4. The molecule has 0 amide bonds. The summed E-state index contributed by atoms with van der Waals surface area (Å²) < 4.78 is 32.8. The summed E-state index contributed by atoms with van der Waals surface area (Å²) in [6.07, 6.45) is 14.7. The molecule has 5 N–H and O–H groups in total. The van der Waals surface area contributed by atoms with Gasteiger partial charge in [0.1, 0.15) is 23.9 Å². The van der Waals surface area contributed by atoms with Gasteiger partial charge in [0, 0.05) is 19.3 Å². The maximum absolute atomic E-state index is 11.6. The summed E-state index contributed by atoms with van der Waals surface area (Å²) in [6.45, 7) is 15.0. The third-order valence-corrected chi connectivity index (χ3v) is 15.2. The Balaban J connectivity index is 0.920. The van der Waals surface area contributed by atoms with Gasteiger partial charge < -0.3 is 49.2 Å². The third-order valence-electron chi connectivity index (χ3n) is 15.2. The van der Waals surface area contributed by atoms with E-state index >= 15 is 0 Å². The fourth-order valence-corrected chi connectivity index (χ4v) is 11.8. The van der Waals surface area contributed by atoms with Crippen LogP contribution in [0.2, 0.25) is 0 Å². The van der Waals surface area contributed by atoms with Gasteiger partial charge in [0.2, 0.25) is 0 Å². The second kappa shape index (κ2) is 17.0. The number of carboxylic acid groups (broad SMARTS) is 1. The van der Waals surface area contributed by atoms with E-state index in [-0.39, 0.29) is 42.0 Å². The maximum atomic E-state index is 11.6. The van der Waals surface area contributed by atoms with Crippen LogP contribution in [0.1, 0.15) is 137 Å². The van der Waals surface area contributed by atoms with Crippen LogP contribution in [-0.2, 0) is 28.5 Å². The van der Waals surface area contributed by atoms with Crippen molar-refractivity contribution in [2.24, 2.45) is 29.6 Å². The molecule has 6 fully saturated rings. The van der Waals surface area contributed by atoms with Crippen molar-refractivity contribution in [1.82, 2.24) is 0 Å². The van der Waals surface area contributed by atoms with E-state index in [4.69, 9.17) is 23.7 Å². The van der Waals surface area contributed by atoms with Crippen LogP contribution in [0.5, 0.6) is 0 Å². The highest BCUT2D eigenvalue weighted by Gasteiger charge is 2.54. The number of rotatable bonds is 10. The smallest absolute Gasteiger partial charge is 0.335 e. The average Bonchev–Trinajstić information content (AvgIpc) is 3.56. The molecule has 1 saturated carbocycles. The van der Waals surface area contributed by atoms with Gasteiger partial charge >= 0.3 is 5.97 Å². The molecule has 0 radical (unpaired) electrons. The summed E-state index contributed by atoms with van der Waals surface area (Å²) in [5, 5.41) is 54.4. The monoisotopic (exact) mass is 801 g/mol. The SMILES string of the molecule is C=C1[C@@H](O)[C@@H]2O[C@@]3(CCC2O[C@@H]1[C@@H](O)C[C@H](C)C1O[C@@]2(CCCCO2)CC[C@H]1C)CC[C@H](/C=C/[C@@H](C)[C@@H]1CC(C)=C[C@@]2(C1)O[C@H](C[C@@](C)(O)C(=O)O)CC[C@H]2O)C3. The molecule has 5 aliphatic heterocycles. The zero-order valence-electron chi connectivity index (χ0n) is 35.2. The Bertz CT molecular complexity index is 1500. The lowest BCUT2D eigenvalue weighted by atomic mass is 9.70. The predicted molar refractivity (Wildman–Crippen MR) is 214 cm³/mol. The molecule has 2 unspecified atom stereocenters. The number of carboxylic acids is 1. The fourth-order valence-electron chi connectivity index (χ4n) is 11.8. The number of allylic oxidation sites excluding steroid dienone is 3. The Morgan fingerprint density at radius 1 is 1.04 bits per heavy atom. The zero-order valence-corrected chi connectivity index (χ0v) is 35.2. The molecule has 7 rings (SSSR count). The number of hydrogen-bond donors (Lipinski definition) is 5. The second-order valence-electron chi connectivity index (χ2n) is 20.0. The Labute approximate surface area is 340 Å². The third kappa shape index (κ3) is 9.18. The number of carbonyl (C=O) groups is 1. The first kappa shape index (κ1) is 43.4. The molecule has 0 bridgehead atoms. The highest BCUT2D eigenvalue weighted by atomic mass is 16.7. The first-order chi connectivity index (χ1) is 26.9. The highest BCUT2D eigenvalue weighted by Crippen LogP contribution is 2.50. The van der Waals surface area contributed by atoms with Crippen LogP contribution in [0.4, 0.5) is 0 Å². The minimum atomic E-state index is -1.89. The number of fused-ring (bicyclic) bond motifs is 1. The first-order valence-corrected chi connectivity index (χ1v) is 22.3. The predicted octanol–water partition coefficient (Wildman–Crippen LogP) is 6.54. The summed E-state index contributed by atoms with van der Waals surface area (Å²) >= 11 is 0. The summed E-state index contributed by atoms with van der Waals surface area (Å²) in [5.74, 6) is -0.535. The van der Waals surface area contributed by atoms with Gasteiger partial charge in [-0.25, -0.2) is 4.79 Å². The Morgan fingerprint density at radius 3 is 2.54 bits per heavy atom. The van der Waals surface area contributed by atoms with Crippen LogP contribution in [0.25, 0.3) is 0 Å². The van der Waals surface area contributed by atoms with E-state index in [0.717, 1.165) is 82.8 Å². The van der Waals surface area contributed by atoms with E-state index in [1.165, 1.54) is 6.92 Å². The number of aliphatic hydroxyl groups excluding tert-OH is 3. The van der Waals surface area contributed by atoms with E-state index in [1.54, 1.807) is 0 Å². The van der Waals surface area contributed by atoms with Gasteiger partial charge in [0.25, 0.3) is 0 Å². The van der Waals surface area contributed by atoms with E-state index in [1.807, 2.05) is 6.08 Å². The van der Waals surface area contributed by atoms with Gasteiger partial charge in [-0.05, 0) is 132 Å². The molecular weight excluding hydrogens is 728 g/mol. The quantitative estimate of drug-likeness (QED) is 0.153. The molecule has 0 aromatic carbocycles. The molecule has 57 heavy (non-hydrogen) atoms. The van der Waals surface area contributed by atoms with Crippen molar-refractivity contribution in [3.63, 3.8) is 0 Å². The largest absolute Gasteiger partial charge is 0.479 e. The molecule has 2 aliphatic carbocycles. The van der Waals surface area contributed by atoms with Crippen LogP contribution in [0, 0.1) is 29.6 Å². The van der Waals surface area contributed by atoms with Crippen molar-refractivity contribution < 1.29 is 54.0 Å². The van der Waals surface area contributed by atoms with Gasteiger partial charge in [-0.3, -0.25) is 0 Å². The molecular formula is C46H72O11.